The van der Waals surface area contributed by atoms with Gasteiger partial charge in [0.2, 0.25) is 0 Å². The standard InChI is InChI=1S/C14H19BFNO5/c1-13(2,19)14(3,4)22-15(20)8-5-6-9-12(11(8)16)17-10(18)7-21-9/h5-6,19-20H,7H2,1-4H3,(H,17,18). The third-order valence-corrected chi connectivity index (χ3v) is 3.90. The van der Waals surface area contributed by atoms with Crippen molar-refractivity contribution in [2.24, 2.45) is 0 Å². The minimum atomic E-state index is -1.61. The highest BCUT2D eigenvalue weighted by Crippen LogP contribution is 2.30. The zero-order chi connectivity index (χ0) is 16.7. The Labute approximate surface area is 128 Å². The Morgan fingerprint density at radius 1 is 1.36 bits per heavy atom. The van der Waals surface area contributed by atoms with Gasteiger partial charge < -0.3 is 24.8 Å². The lowest BCUT2D eigenvalue weighted by Gasteiger charge is -2.38. The van der Waals surface area contributed by atoms with Gasteiger partial charge in [-0.3, -0.25) is 4.79 Å². The molecular weight excluding hydrogens is 292 g/mol. The van der Waals surface area contributed by atoms with E-state index in [1.54, 1.807) is 13.8 Å². The van der Waals surface area contributed by atoms with Crippen LogP contribution in [-0.2, 0) is 9.45 Å². The smallest absolute Gasteiger partial charge is 0.481 e. The molecule has 0 bridgehead atoms. The van der Waals surface area contributed by atoms with Crippen LogP contribution in [-0.4, -0.2) is 41.0 Å². The molecule has 1 aliphatic rings. The Hall–Kier alpha value is -1.64. The molecule has 1 heterocycles. The van der Waals surface area contributed by atoms with Gasteiger partial charge in [0, 0.05) is 5.46 Å². The number of amides is 1. The van der Waals surface area contributed by atoms with E-state index in [4.69, 9.17) is 9.39 Å². The summed E-state index contributed by atoms with van der Waals surface area (Å²) in [7, 11) is -1.61. The van der Waals surface area contributed by atoms with E-state index in [1.165, 1.54) is 26.0 Å². The third-order valence-electron chi connectivity index (χ3n) is 3.90. The summed E-state index contributed by atoms with van der Waals surface area (Å²) in [4.78, 5) is 11.3. The molecule has 120 valence electrons. The monoisotopic (exact) mass is 311 g/mol. The SMILES string of the molecule is CC(C)(O)C(C)(C)OB(O)c1ccc2c(c1F)NC(=O)CO2. The highest BCUT2D eigenvalue weighted by atomic mass is 19.1. The van der Waals surface area contributed by atoms with Crippen molar-refractivity contribution in [1.29, 1.82) is 0 Å². The molecule has 0 aromatic heterocycles. The Bertz CT molecular complexity index is 600. The molecule has 0 fully saturated rings. The maximum absolute atomic E-state index is 14.5. The predicted molar refractivity (Wildman–Crippen MR) is 79.6 cm³/mol. The number of aliphatic hydroxyl groups is 1. The van der Waals surface area contributed by atoms with Gasteiger partial charge in [0.1, 0.15) is 17.3 Å². The number of anilines is 1. The zero-order valence-corrected chi connectivity index (χ0v) is 12.9. The van der Waals surface area contributed by atoms with Crippen LogP contribution in [0.25, 0.3) is 0 Å². The predicted octanol–water partition coefficient (Wildman–Crippen LogP) is 0.410. The first-order chi connectivity index (χ1) is 10.0. The highest BCUT2D eigenvalue weighted by Gasteiger charge is 2.40. The van der Waals surface area contributed by atoms with Gasteiger partial charge in [-0.05, 0) is 33.8 Å². The van der Waals surface area contributed by atoms with Crippen LogP contribution in [0.5, 0.6) is 5.75 Å². The van der Waals surface area contributed by atoms with Crippen molar-refractivity contribution >= 4 is 24.2 Å². The van der Waals surface area contributed by atoms with Crippen LogP contribution in [0.3, 0.4) is 0 Å². The molecule has 2 rings (SSSR count). The van der Waals surface area contributed by atoms with Crippen molar-refractivity contribution in [2.75, 3.05) is 11.9 Å². The Morgan fingerprint density at radius 3 is 2.59 bits per heavy atom. The molecule has 0 unspecified atom stereocenters. The summed E-state index contributed by atoms with van der Waals surface area (Å²) >= 11 is 0. The maximum Gasteiger partial charge on any atom is 0.494 e. The van der Waals surface area contributed by atoms with Gasteiger partial charge in [-0.25, -0.2) is 4.39 Å². The summed E-state index contributed by atoms with van der Waals surface area (Å²) in [6.45, 7) is 6.03. The van der Waals surface area contributed by atoms with Crippen molar-refractivity contribution in [1.82, 2.24) is 0 Å². The van der Waals surface area contributed by atoms with E-state index >= 15 is 0 Å². The molecule has 1 amide bonds. The van der Waals surface area contributed by atoms with E-state index in [1.807, 2.05) is 0 Å². The number of carbonyl (C=O) groups is 1. The van der Waals surface area contributed by atoms with E-state index in [0.29, 0.717) is 0 Å². The van der Waals surface area contributed by atoms with Crippen LogP contribution < -0.4 is 15.5 Å². The molecular formula is C14H19BFNO5. The van der Waals surface area contributed by atoms with Crippen molar-refractivity contribution in [2.45, 2.75) is 38.9 Å². The molecule has 22 heavy (non-hydrogen) atoms. The first-order valence-electron chi connectivity index (χ1n) is 6.86. The van der Waals surface area contributed by atoms with Crippen molar-refractivity contribution in [3.8, 4) is 5.75 Å². The lowest BCUT2D eigenvalue weighted by molar-refractivity contribution is -0.118. The van der Waals surface area contributed by atoms with Gasteiger partial charge in [0.15, 0.2) is 6.61 Å². The first kappa shape index (κ1) is 16.7. The summed E-state index contributed by atoms with van der Waals surface area (Å²) in [5.41, 5.74) is -2.66. The number of carbonyl (C=O) groups excluding carboxylic acids is 1. The second-order valence-corrected chi connectivity index (χ2v) is 6.22. The lowest BCUT2D eigenvalue weighted by atomic mass is 9.76. The number of halogens is 1. The molecule has 3 N–H and O–H groups in total. The molecule has 0 saturated carbocycles. The molecule has 0 atom stereocenters. The fraction of sp³-hybridized carbons (Fsp3) is 0.500. The molecule has 1 aromatic rings. The molecule has 0 spiro atoms. The first-order valence-corrected chi connectivity index (χ1v) is 6.86. The van der Waals surface area contributed by atoms with Crippen LogP contribution >= 0.6 is 0 Å². The van der Waals surface area contributed by atoms with Gasteiger partial charge in [-0.1, -0.05) is 6.07 Å². The molecule has 0 aliphatic carbocycles. The Morgan fingerprint density at radius 2 is 2.00 bits per heavy atom. The van der Waals surface area contributed by atoms with E-state index in [2.05, 4.69) is 5.32 Å². The van der Waals surface area contributed by atoms with E-state index < -0.39 is 30.0 Å². The van der Waals surface area contributed by atoms with Crippen LogP contribution in [0.4, 0.5) is 10.1 Å². The molecule has 0 radical (unpaired) electrons. The van der Waals surface area contributed by atoms with E-state index in [0.717, 1.165) is 0 Å². The molecule has 6 nitrogen and oxygen atoms in total. The van der Waals surface area contributed by atoms with Crippen molar-refractivity contribution < 1.29 is 28.7 Å². The van der Waals surface area contributed by atoms with E-state index in [-0.39, 0.29) is 23.5 Å². The van der Waals surface area contributed by atoms with Gasteiger partial charge in [0.05, 0.1) is 11.2 Å². The van der Waals surface area contributed by atoms with Crippen molar-refractivity contribution in [3.05, 3.63) is 17.9 Å². The summed E-state index contributed by atoms with van der Waals surface area (Å²) in [5.74, 6) is -1.12. The lowest BCUT2D eigenvalue weighted by Crippen LogP contribution is -2.53. The molecule has 8 heteroatoms. The molecule has 1 aromatic carbocycles. The Kier molecular flexibility index (Phi) is 4.21. The van der Waals surface area contributed by atoms with Crippen LogP contribution in [0.1, 0.15) is 27.7 Å². The number of hydrogen-bond acceptors (Lipinski definition) is 5. The zero-order valence-electron chi connectivity index (χ0n) is 12.9. The summed E-state index contributed by atoms with van der Waals surface area (Å²) in [6, 6.07) is 2.76. The van der Waals surface area contributed by atoms with Gasteiger partial charge in [-0.15, -0.1) is 0 Å². The summed E-state index contributed by atoms with van der Waals surface area (Å²) in [5, 5.41) is 22.5. The highest BCUT2D eigenvalue weighted by molar-refractivity contribution is 6.60. The third kappa shape index (κ3) is 3.09. The molecule has 0 saturated heterocycles. The number of nitrogens with one attached hydrogen (secondary N) is 1. The number of hydrogen-bond donors (Lipinski definition) is 3. The maximum atomic E-state index is 14.5. The number of fused-ring (bicyclic) bond motifs is 1. The quantitative estimate of drug-likeness (QED) is 0.701. The van der Waals surface area contributed by atoms with Gasteiger partial charge >= 0.3 is 7.12 Å². The average Bonchev–Trinajstić information content (AvgIpc) is 2.37. The second kappa shape index (κ2) is 5.53. The summed E-state index contributed by atoms with van der Waals surface area (Å²) < 4.78 is 24.9. The fourth-order valence-corrected chi connectivity index (χ4v) is 1.81. The normalized spacial score (nSPS) is 15.0. The van der Waals surface area contributed by atoms with Crippen LogP contribution in [0.2, 0.25) is 0 Å². The summed E-state index contributed by atoms with van der Waals surface area (Å²) in [6.07, 6.45) is 0. The van der Waals surface area contributed by atoms with E-state index in [9.17, 15) is 19.3 Å². The number of benzene rings is 1. The average molecular weight is 311 g/mol. The Balaban J connectivity index is 2.30. The fourth-order valence-electron chi connectivity index (χ4n) is 1.81. The topological polar surface area (TPSA) is 88.0 Å². The van der Waals surface area contributed by atoms with Gasteiger partial charge in [0.25, 0.3) is 5.91 Å². The van der Waals surface area contributed by atoms with Crippen LogP contribution in [0.15, 0.2) is 12.1 Å². The number of ether oxygens (including phenoxy) is 1. The second-order valence-electron chi connectivity index (χ2n) is 6.22. The van der Waals surface area contributed by atoms with Crippen LogP contribution in [0, 0.1) is 5.82 Å². The largest absolute Gasteiger partial charge is 0.494 e. The minimum absolute atomic E-state index is 0.127. The minimum Gasteiger partial charge on any atom is -0.481 e. The molecule has 1 aliphatic heterocycles. The number of rotatable bonds is 4. The van der Waals surface area contributed by atoms with Crippen molar-refractivity contribution in [3.63, 3.8) is 0 Å². The van der Waals surface area contributed by atoms with Gasteiger partial charge in [-0.2, -0.15) is 0 Å².